The van der Waals surface area contributed by atoms with E-state index in [1.54, 1.807) is 12.0 Å². The molecule has 0 aliphatic carbocycles. The molecule has 0 spiro atoms. The zero-order chi connectivity index (χ0) is 24.1. The van der Waals surface area contributed by atoms with Crippen LogP contribution in [-0.2, 0) is 6.54 Å². The Morgan fingerprint density at radius 1 is 1.09 bits per heavy atom. The number of hydrogen-bond acceptors (Lipinski definition) is 8. The van der Waals surface area contributed by atoms with Crippen LogP contribution in [0.25, 0.3) is 11.4 Å². The second kappa shape index (κ2) is 10.1. The Balaban J connectivity index is 1.27. The number of amides is 1. The summed E-state index contributed by atoms with van der Waals surface area (Å²) in [5.74, 6) is 1.27. The van der Waals surface area contributed by atoms with Crippen molar-refractivity contribution in [2.45, 2.75) is 12.7 Å². The monoisotopic (exact) mass is 477 g/mol. The zero-order valence-electron chi connectivity index (χ0n) is 18.3. The third kappa shape index (κ3) is 6.01. The largest absolute Gasteiger partial charge is 0.497 e. The van der Waals surface area contributed by atoms with Crippen molar-refractivity contribution in [3.8, 4) is 23.0 Å². The van der Waals surface area contributed by atoms with Gasteiger partial charge in [-0.3, -0.25) is 9.69 Å². The average molecular weight is 477 g/mol. The van der Waals surface area contributed by atoms with Crippen molar-refractivity contribution in [2.75, 3.05) is 39.9 Å². The fourth-order valence-electron chi connectivity index (χ4n) is 3.41. The number of hydrogen-bond donors (Lipinski definition) is 0. The van der Waals surface area contributed by atoms with Gasteiger partial charge >= 0.3 is 6.18 Å². The van der Waals surface area contributed by atoms with Gasteiger partial charge in [0.1, 0.15) is 5.75 Å². The maximum atomic E-state index is 12.7. The summed E-state index contributed by atoms with van der Waals surface area (Å²) in [4.78, 5) is 24.7. The minimum Gasteiger partial charge on any atom is -0.497 e. The van der Waals surface area contributed by atoms with E-state index in [0.717, 1.165) is 11.3 Å². The lowest BCUT2D eigenvalue weighted by Gasteiger charge is -2.33. The van der Waals surface area contributed by atoms with E-state index in [0.29, 0.717) is 44.4 Å². The fraction of sp³-hybridized carbons (Fsp3) is 0.364. The summed E-state index contributed by atoms with van der Waals surface area (Å²) in [5.41, 5.74) is 1.10. The number of benzene rings is 1. The number of nitrogens with zero attached hydrogens (tertiary/aromatic N) is 5. The molecule has 3 heterocycles. The number of carbonyl (C=O) groups is 1. The molecule has 0 bridgehead atoms. The quantitative estimate of drug-likeness (QED) is 0.513. The number of halogens is 3. The summed E-state index contributed by atoms with van der Waals surface area (Å²) >= 11 is 0. The van der Waals surface area contributed by atoms with Gasteiger partial charge in [-0.15, -0.1) is 0 Å². The van der Waals surface area contributed by atoms with Crippen LogP contribution in [0, 0.1) is 0 Å². The highest BCUT2D eigenvalue weighted by atomic mass is 19.4. The topological polar surface area (TPSA) is 93.8 Å². The molecular formula is C22H22F3N5O4. The average Bonchev–Trinajstić information content (AvgIpc) is 3.31. The lowest BCUT2D eigenvalue weighted by atomic mass is 10.2. The molecule has 0 unspecified atom stereocenters. The second-order valence-corrected chi connectivity index (χ2v) is 7.60. The van der Waals surface area contributed by atoms with Crippen molar-refractivity contribution in [1.82, 2.24) is 24.9 Å². The van der Waals surface area contributed by atoms with Crippen molar-refractivity contribution in [3.05, 3.63) is 54.0 Å². The van der Waals surface area contributed by atoms with E-state index in [1.165, 1.54) is 18.3 Å². The minimum atomic E-state index is -4.45. The van der Waals surface area contributed by atoms with E-state index >= 15 is 0 Å². The van der Waals surface area contributed by atoms with E-state index in [-0.39, 0.29) is 17.4 Å². The molecule has 1 aliphatic heterocycles. The third-order valence-electron chi connectivity index (χ3n) is 5.20. The summed E-state index contributed by atoms with van der Waals surface area (Å²) in [6, 6.07) is 10.0. The zero-order valence-corrected chi connectivity index (χ0v) is 18.3. The van der Waals surface area contributed by atoms with Gasteiger partial charge in [0.25, 0.3) is 5.91 Å². The molecule has 0 radical (unpaired) electrons. The molecular weight excluding hydrogens is 455 g/mol. The molecule has 1 fully saturated rings. The van der Waals surface area contributed by atoms with Crippen LogP contribution in [0.3, 0.4) is 0 Å². The maximum Gasteiger partial charge on any atom is 0.422 e. The fourth-order valence-corrected chi connectivity index (χ4v) is 3.41. The highest BCUT2D eigenvalue weighted by Gasteiger charge is 2.29. The number of methoxy groups -OCH3 is 1. The molecule has 1 aliphatic rings. The molecule has 0 saturated carbocycles. The Morgan fingerprint density at radius 3 is 2.44 bits per heavy atom. The van der Waals surface area contributed by atoms with E-state index < -0.39 is 12.8 Å². The van der Waals surface area contributed by atoms with E-state index in [9.17, 15) is 18.0 Å². The summed E-state index contributed by atoms with van der Waals surface area (Å²) in [6.45, 7) is 1.18. The van der Waals surface area contributed by atoms with Gasteiger partial charge in [0.05, 0.1) is 19.2 Å². The van der Waals surface area contributed by atoms with E-state index in [4.69, 9.17) is 9.26 Å². The molecule has 1 amide bonds. The van der Waals surface area contributed by atoms with Gasteiger partial charge in [-0.1, -0.05) is 5.16 Å². The molecule has 0 atom stereocenters. The Bertz CT molecular complexity index is 1090. The molecule has 2 aromatic heterocycles. The summed E-state index contributed by atoms with van der Waals surface area (Å²) < 4.78 is 51.8. The van der Waals surface area contributed by atoms with Crippen LogP contribution < -0.4 is 9.47 Å². The van der Waals surface area contributed by atoms with Gasteiger partial charge < -0.3 is 18.9 Å². The Morgan fingerprint density at radius 2 is 1.82 bits per heavy atom. The predicted molar refractivity (Wildman–Crippen MR) is 113 cm³/mol. The van der Waals surface area contributed by atoms with Gasteiger partial charge in [0, 0.05) is 44.0 Å². The SMILES string of the molecule is COc1ccc(-c2noc(CN3CCN(C(=O)c4ccc(OCC(F)(F)F)nc4)CC3)n2)cc1. The predicted octanol–water partition coefficient (Wildman–Crippen LogP) is 3.04. The lowest BCUT2D eigenvalue weighted by molar-refractivity contribution is -0.154. The van der Waals surface area contributed by atoms with Crippen LogP contribution in [0.2, 0.25) is 0 Å². The molecule has 1 saturated heterocycles. The van der Waals surface area contributed by atoms with Crippen LogP contribution in [0.5, 0.6) is 11.6 Å². The van der Waals surface area contributed by atoms with Crippen molar-refractivity contribution in [1.29, 1.82) is 0 Å². The number of aromatic nitrogens is 3. The Labute approximate surface area is 193 Å². The summed E-state index contributed by atoms with van der Waals surface area (Å²) in [5, 5.41) is 4.03. The van der Waals surface area contributed by atoms with Gasteiger partial charge in [0.15, 0.2) is 6.61 Å². The van der Waals surface area contributed by atoms with Gasteiger partial charge in [-0.25, -0.2) is 4.98 Å². The Kier molecular flexibility index (Phi) is 6.96. The summed E-state index contributed by atoms with van der Waals surface area (Å²) in [7, 11) is 1.60. The number of rotatable bonds is 7. The third-order valence-corrected chi connectivity index (χ3v) is 5.20. The highest BCUT2D eigenvalue weighted by molar-refractivity contribution is 5.94. The van der Waals surface area contributed by atoms with Gasteiger partial charge in [-0.2, -0.15) is 18.2 Å². The Hall–Kier alpha value is -3.67. The molecule has 12 heteroatoms. The smallest absolute Gasteiger partial charge is 0.422 e. The van der Waals surface area contributed by atoms with Crippen molar-refractivity contribution < 1.29 is 32.0 Å². The van der Waals surface area contributed by atoms with Crippen LogP contribution in [0.4, 0.5) is 13.2 Å². The first-order chi connectivity index (χ1) is 16.3. The standard InChI is InChI=1S/C22H22F3N5O4/c1-32-17-5-2-15(3-6-17)20-27-19(34-28-20)13-29-8-10-30(11-9-29)21(31)16-4-7-18(26-12-16)33-14-22(23,24)25/h2-7,12H,8-11,13-14H2,1H3. The van der Waals surface area contributed by atoms with Crippen LogP contribution in [0.1, 0.15) is 16.2 Å². The first kappa shape index (κ1) is 23.5. The highest BCUT2D eigenvalue weighted by Crippen LogP contribution is 2.21. The van der Waals surface area contributed by atoms with Crippen LogP contribution in [-0.4, -0.2) is 76.9 Å². The molecule has 4 rings (SSSR count). The van der Waals surface area contributed by atoms with Crippen molar-refractivity contribution in [3.63, 3.8) is 0 Å². The molecule has 0 N–H and O–H groups in total. The molecule has 180 valence electrons. The van der Waals surface area contributed by atoms with E-state index in [2.05, 4.69) is 24.8 Å². The summed E-state index contributed by atoms with van der Waals surface area (Å²) in [6.07, 6.45) is -3.23. The first-order valence-electron chi connectivity index (χ1n) is 10.4. The number of carbonyl (C=O) groups excluding carboxylic acids is 1. The molecule has 34 heavy (non-hydrogen) atoms. The lowest BCUT2D eigenvalue weighted by Crippen LogP contribution is -2.48. The number of alkyl halides is 3. The first-order valence-corrected chi connectivity index (χ1v) is 10.4. The second-order valence-electron chi connectivity index (χ2n) is 7.60. The number of ether oxygens (including phenoxy) is 2. The van der Waals surface area contributed by atoms with Crippen LogP contribution in [0.15, 0.2) is 47.1 Å². The normalized spacial score (nSPS) is 14.8. The molecule has 3 aromatic rings. The maximum absolute atomic E-state index is 12.7. The minimum absolute atomic E-state index is 0.188. The number of piperazine rings is 1. The number of pyridine rings is 1. The molecule has 9 nitrogen and oxygen atoms in total. The van der Waals surface area contributed by atoms with E-state index in [1.807, 2.05) is 24.3 Å². The van der Waals surface area contributed by atoms with Crippen LogP contribution >= 0.6 is 0 Å². The van der Waals surface area contributed by atoms with Gasteiger partial charge in [0.2, 0.25) is 17.6 Å². The van der Waals surface area contributed by atoms with Crippen molar-refractivity contribution in [2.24, 2.45) is 0 Å². The van der Waals surface area contributed by atoms with Crippen molar-refractivity contribution >= 4 is 5.91 Å². The van der Waals surface area contributed by atoms with Gasteiger partial charge in [-0.05, 0) is 30.3 Å². The molecule has 1 aromatic carbocycles.